The number of nitrogens with zero attached hydrogens (tertiary/aromatic N) is 2. The van der Waals surface area contributed by atoms with E-state index >= 15 is 0 Å². The SMILES string of the molecule is CC1CCCC(C)N1C(=O)COc1ccc(C(=O)OCC(=O)Nc2ccon2)cc1. The van der Waals surface area contributed by atoms with Crippen LogP contribution in [0.15, 0.2) is 41.1 Å². The number of benzene rings is 1. The van der Waals surface area contributed by atoms with Crippen molar-refractivity contribution in [2.45, 2.75) is 45.2 Å². The van der Waals surface area contributed by atoms with E-state index in [1.54, 1.807) is 12.1 Å². The number of anilines is 1. The number of carbonyl (C=O) groups is 3. The highest BCUT2D eigenvalue weighted by Gasteiger charge is 2.29. The van der Waals surface area contributed by atoms with Gasteiger partial charge in [0.2, 0.25) is 0 Å². The molecule has 0 aliphatic carbocycles. The van der Waals surface area contributed by atoms with Crippen LogP contribution in [0.3, 0.4) is 0 Å². The molecule has 1 fully saturated rings. The Balaban J connectivity index is 1.45. The van der Waals surface area contributed by atoms with Crippen molar-refractivity contribution in [1.29, 1.82) is 0 Å². The van der Waals surface area contributed by atoms with Gasteiger partial charge in [-0.2, -0.15) is 0 Å². The third-order valence-electron chi connectivity index (χ3n) is 4.97. The van der Waals surface area contributed by atoms with E-state index < -0.39 is 18.5 Å². The molecule has 1 aliphatic rings. The van der Waals surface area contributed by atoms with Gasteiger partial charge >= 0.3 is 5.97 Å². The van der Waals surface area contributed by atoms with Crippen LogP contribution in [0.25, 0.3) is 0 Å². The summed E-state index contributed by atoms with van der Waals surface area (Å²) >= 11 is 0. The number of piperidine rings is 1. The molecule has 9 heteroatoms. The van der Waals surface area contributed by atoms with Crippen LogP contribution in [0.4, 0.5) is 5.82 Å². The van der Waals surface area contributed by atoms with Gasteiger partial charge in [-0.15, -0.1) is 0 Å². The second kappa shape index (κ2) is 9.91. The Morgan fingerprint density at radius 1 is 1.10 bits per heavy atom. The van der Waals surface area contributed by atoms with Gasteiger partial charge in [-0.1, -0.05) is 5.16 Å². The minimum absolute atomic E-state index is 0.0451. The van der Waals surface area contributed by atoms with Gasteiger partial charge in [0.05, 0.1) is 5.56 Å². The zero-order valence-corrected chi connectivity index (χ0v) is 17.0. The molecule has 0 saturated carbocycles. The van der Waals surface area contributed by atoms with E-state index in [0.717, 1.165) is 19.3 Å². The second-order valence-electron chi connectivity index (χ2n) is 7.25. The number of aromatic nitrogens is 1. The van der Waals surface area contributed by atoms with Crippen LogP contribution < -0.4 is 10.1 Å². The fraction of sp³-hybridized carbons (Fsp3) is 0.429. The molecule has 30 heavy (non-hydrogen) atoms. The fourth-order valence-electron chi connectivity index (χ4n) is 3.49. The minimum Gasteiger partial charge on any atom is -0.484 e. The van der Waals surface area contributed by atoms with Gasteiger partial charge < -0.3 is 24.2 Å². The molecule has 1 N–H and O–H groups in total. The van der Waals surface area contributed by atoms with Gasteiger partial charge in [-0.05, 0) is 57.4 Å². The predicted molar refractivity (Wildman–Crippen MR) is 107 cm³/mol. The molecule has 2 amide bonds. The van der Waals surface area contributed by atoms with Crippen molar-refractivity contribution in [3.63, 3.8) is 0 Å². The first-order valence-corrected chi connectivity index (χ1v) is 9.85. The number of nitrogens with one attached hydrogen (secondary N) is 1. The quantitative estimate of drug-likeness (QED) is 0.692. The Kier molecular flexibility index (Phi) is 7.05. The minimum atomic E-state index is -0.649. The lowest BCUT2D eigenvalue weighted by Crippen LogP contribution is -2.49. The highest BCUT2D eigenvalue weighted by atomic mass is 16.5. The zero-order valence-electron chi connectivity index (χ0n) is 17.0. The molecule has 3 rings (SSSR count). The second-order valence-corrected chi connectivity index (χ2v) is 7.25. The monoisotopic (exact) mass is 415 g/mol. The lowest BCUT2D eigenvalue weighted by Gasteiger charge is -2.38. The highest BCUT2D eigenvalue weighted by Crippen LogP contribution is 2.23. The molecule has 2 aromatic rings. The van der Waals surface area contributed by atoms with Gasteiger partial charge in [0.1, 0.15) is 12.0 Å². The third kappa shape index (κ3) is 5.59. The fourth-order valence-corrected chi connectivity index (χ4v) is 3.49. The van der Waals surface area contributed by atoms with Crippen LogP contribution in [0.2, 0.25) is 0 Å². The molecular weight excluding hydrogens is 390 g/mol. The van der Waals surface area contributed by atoms with Crippen LogP contribution >= 0.6 is 0 Å². The van der Waals surface area contributed by atoms with E-state index in [2.05, 4.69) is 28.8 Å². The van der Waals surface area contributed by atoms with Crippen molar-refractivity contribution >= 4 is 23.6 Å². The molecule has 1 aromatic carbocycles. The molecule has 1 aliphatic heterocycles. The van der Waals surface area contributed by atoms with E-state index in [1.165, 1.54) is 24.5 Å². The molecule has 0 spiro atoms. The molecule has 2 heterocycles. The van der Waals surface area contributed by atoms with Crippen molar-refractivity contribution in [3.05, 3.63) is 42.2 Å². The van der Waals surface area contributed by atoms with E-state index in [9.17, 15) is 14.4 Å². The number of ether oxygens (including phenoxy) is 2. The van der Waals surface area contributed by atoms with E-state index in [4.69, 9.17) is 9.47 Å². The van der Waals surface area contributed by atoms with Crippen LogP contribution in [0.1, 0.15) is 43.5 Å². The smallest absolute Gasteiger partial charge is 0.338 e. The maximum Gasteiger partial charge on any atom is 0.338 e. The topological polar surface area (TPSA) is 111 Å². The summed E-state index contributed by atoms with van der Waals surface area (Å²) in [6, 6.07) is 8.10. The van der Waals surface area contributed by atoms with Gasteiger partial charge in [0, 0.05) is 18.2 Å². The summed E-state index contributed by atoms with van der Waals surface area (Å²) in [4.78, 5) is 38.2. The Hall–Kier alpha value is -3.36. The van der Waals surface area contributed by atoms with E-state index in [0.29, 0.717) is 5.75 Å². The van der Waals surface area contributed by atoms with Gasteiger partial charge in [-0.25, -0.2) is 4.79 Å². The summed E-state index contributed by atoms with van der Waals surface area (Å²) in [6.45, 7) is 3.60. The Morgan fingerprint density at radius 3 is 2.43 bits per heavy atom. The summed E-state index contributed by atoms with van der Waals surface area (Å²) in [5, 5.41) is 5.95. The Bertz CT molecular complexity index is 855. The summed E-state index contributed by atoms with van der Waals surface area (Å²) in [5.74, 6) is -0.515. The number of amides is 2. The number of hydrogen-bond acceptors (Lipinski definition) is 7. The summed E-state index contributed by atoms with van der Waals surface area (Å²) in [6.07, 6.45) is 4.45. The molecule has 1 aromatic heterocycles. The van der Waals surface area contributed by atoms with Crippen LogP contribution in [0, 0.1) is 0 Å². The van der Waals surface area contributed by atoms with Gasteiger partial charge in [0.15, 0.2) is 19.0 Å². The zero-order chi connectivity index (χ0) is 21.5. The standard InChI is InChI=1S/C21H25N3O6/c1-14-4-3-5-15(2)24(14)20(26)13-28-17-8-6-16(7-9-17)21(27)29-12-19(25)22-18-10-11-30-23-18/h6-11,14-15H,3-5,12-13H2,1-2H3,(H,22,23,25). The molecule has 0 radical (unpaired) electrons. The maximum atomic E-state index is 12.5. The van der Waals surface area contributed by atoms with Crippen LogP contribution in [-0.2, 0) is 14.3 Å². The summed E-state index contributed by atoms with van der Waals surface area (Å²) < 4.78 is 15.1. The first-order chi connectivity index (χ1) is 14.4. The molecule has 160 valence electrons. The van der Waals surface area contributed by atoms with Crippen molar-refractivity contribution in [1.82, 2.24) is 10.1 Å². The molecule has 1 saturated heterocycles. The average molecular weight is 415 g/mol. The highest BCUT2D eigenvalue weighted by molar-refractivity contribution is 5.95. The van der Waals surface area contributed by atoms with E-state index in [-0.39, 0.29) is 36.0 Å². The van der Waals surface area contributed by atoms with Crippen LogP contribution in [0.5, 0.6) is 5.75 Å². The van der Waals surface area contributed by atoms with Crippen LogP contribution in [-0.4, -0.2) is 53.1 Å². The number of likely N-dealkylation sites (tertiary alicyclic amines) is 1. The van der Waals surface area contributed by atoms with E-state index in [1.807, 2.05) is 4.90 Å². The molecule has 2 atom stereocenters. The first kappa shape index (κ1) is 21.4. The molecule has 0 bridgehead atoms. The molecule has 9 nitrogen and oxygen atoms in total. The summed E-state index contributed by atoms with van der Waals surface area (Å²) in [7, 11) is 0. The lowest BCUT2D eigenvalue weighted by atomic mass is 9.97. The van der Waals surface area contributed by atoms with Gasteiger partial charge in [-0.3, -0.25) is 9.59 Å². The van der Waals surface area contributed by atoms with Crippen molar-refractivity contribution in [2.75, 3.05) is 18.5 Å². The van der Waals surface area contributed by atoms with Gasteiger partial charge in [0.25, 0.3) is 11.8 Å². The lowest BCUT2D eigenvalue weighted by molar-refractivity contribution is -0.139. The first-order valence-electron chi connectivity index (χ1n) is 9.85. The summed E-state index contributed by atoms with van der Waals surface area (Å²) in [5.41, 5.74) is 0.265. The van der Waals surface area contributed by atoms with Crippen molar-refractivity contribution in [2.24, 2.45) is 0 Å². The molecule has 2 unspecified atom stereocenters. The largest absolute Gasteiger partial charge is 0.484 e. The molecular formula is C21H25N3O6. The Morgan fingerprint density at radius 2 is 1.80 bits per heavy atom. The average Bonchev–Trinajstić information content (AvgIpc) is 3.23. The normalized spacial score (nSPS) is 18.5. The van der Waals surface area contributed by atoms with Crippen molar-refractivity contribution in [3.8, 4) is 5.75 Å². The number of hydrogen-bond donors (Lipinski definition) is 1. The number of rotatable bonds is 7. The predicted octanol–water partition coefficient (Wildman–Crippen LogP) is 2.64. The third-order valence-corrected chi connectivity index (χ3v) is 4.97. The van der Waals surface area contributed by atoms with Crippen molar-refractivity contribution < 1.29 is 28.4 Å². The number of esters is 1. The Labute approximate surface area is 174 Å². The maximum absolute atomic E-state index is 12.5. The number of carbonyl (C=O) groups excluding carboxylic acids is 3.